The van der Waals surface area contributed by atoms with Gasteiger partial charge in [-0.2, -0.15) is 0 Å². The smallest absolute Gasteiger partial charge is 0.225 e. The quantitative estimate of drug-likeness (QED) is 0.547. The summed E-state index contributed by atoms with van der Waals surface area (Å²) in [4.78, 5) is 27.1. The van der Waals surface area contributed by atoms with Gasteiger partial charge in [0.15, 0.2) is 5.82 Å². The fourth-order valence-electron chi connectivity index (χ4n) is 4.77. The van der Waals surface area contributed by atoms with Gasteiger partial charge in [-0.05, 0) is 37.5 Å². The summed E-state index contributed by atoms with van der Waals surface area (Å²) in [5.74, 6) is 3.18. The van der Waals surface area contributed by atoms with Crippen LogP contribution in [0.2, 0.25) is 0 Å². The van der Waals surface area contributed by atoms with Gasteiger partial charge < -0.3 is 14.5 Å². The number of rotatable bonds is 6. The summed E-state index contributed by atoms with van der Waals surface area (Å²) in [5.41, 5.74) is 4.35. The van der Waals surface area contributed by atoms with E-state index in [4.69, 9.17) is 14.7 Å². The zero-order valence-corrected chi connectivity index (χ0v) is 20.0. The minimum atomic E-state index is 0.253. The van der Waals surface area contributed by atoms with Crippen LogP contribution in [0.25, 0.3) is 11.4 Å². The van der Waals surface area contributed by atoms with Gasteiger partial charge in [0.1, 0.15) is 11.6 Å². The molecule has 0 unspecified atom stereocenters. The third-order valence-electron chi connectivity index (χ3n) is 7.11. The van der Waals surface area contributed by atoms with Crippen molar-refractivity contribution in [2.75, 3.05) is 38.2 Å². The van der Waals surface area contributed by atoms with Crippen LogP contribution in [-0.2, 0) is 11.2 Å². The van der Waals surface area contributed by atoms with Crippen molar-refractivity contribution in [2.24, 2.45) is 5.92 Å². The molecule has 2 aliphatic rings. The van der Waals surface area contributed by atoms with Crippen LogP contribution in [0.1, 0.15) is 36.1 Å². The number of piperazine rings is 1. The van der Waals surface area contributed by atoms with E-state index < -0.39 is 0 Å². The summed E-state index contributed by atoms with van der Waals surface area (Å²) in [6.45, 7) is 5.16. The molecule has 5 rings (SSSR count). The monoisotopic (exact) mass is 456 g/mol. The first-order chi connectivity index (χ1) is 16.6. The number of methoxy groups -OCH3 is 1. The van der Waals surface area contributed by atoms with Crippen molar-refractivity contribution in [3.8, 4) is 17.1 Å². The van der Waals surface area contributed by atoms with E-state index in [1.165, 1.54) is 12.0 Å². The number of benzene rings is 2. The molecule has 0 atom stereocenters. The molecule has 1 aromatic heterocycles. The molecule has 34 heavy (non-hydrogen) atoms. The van der Waals surface area contributed by atoms with Crippen LogP contribution in [0.15, 0.2) is 54.6 Å². The van der Waals surface area contributed by atoms with Crippen LogP contribution in [0.4, 0.5) is 5.82 Å². The number of carbonyl (C=O) groups is 1. The van der Waals surface area contributed by atoms with Crippen LogP contribution in [-0.4, -0.2) is 54.1 Å². The highest BCUT2D eigenvalue weighted by molar-refractivity contribution is 5.80. The molecule has 1 amide bonds. The number of ether oxygens (including phenoxy) is 1. The van der Waals surface area contributed by atoms with Gasteiger partial charge in [-0.15, -0.1) is 0 Å². The number of carbonyl (C=O) groups excluding carboxylic acids is 1. The average molecular weight is 457 g/mol. The van der Waals surface area contributed by atoms with Gasteiger partial charge in [-0.3, -0.25) is 4.79 Å². The van der Waals surface area contributed by atoms with E-state index in [-0.39, 0.29) is 5.92 Å². The van der Waals surface area contributed by atoms with Gasteiger partial charge in [0.2, 0.25) is 5.91 Å². The third kappa shape index (κ3) is 4.63. The van der Waals surface area contributed by atoms with E-state index >= 15 is 0 Å². The first kappa shape index (κ1) is 22.4. The average Bonchev–Trinajstić information content (AvgIpc) is 2.85. The summed E-state index contributed by atoms with van der Waals surface area (Å²) in [6, 6.07) is 18.3. The first-order valence-corrected chi connectivity index (χ1v) is 12.2. The summed E-state index contributed by atoms with van der Waals surface area (Å²) in [6.07, 6.45) is 4.04. The molecule has 2 fully saturated rings. The van der Waals surface area contributed by atoms with Gasteiger partial charge in [-0.1, -0.05) is 48.9 Å². The lowest BCUT2D eigenvalue weighted by molar-refractivity contribution is -0.138. The number of anilines is 1. The molecule has 6 heteroatoms. The number of nitrogens with zero attached hydrogens (tertiary/aromatic N) is 4. The van der Waals surface area contributed by atoms with Crippen molar-refractivity contribution < 1.29 is 9.53 Å². The van der Waals surface area contributed by atoms with Crippen molar-refractivity contribution in [1.29, 1.82) is 0 Å². The molecule has 2 heterocycles. The van der Waals surface area contributed by atoms with Crippen LogP contribution in [0.5, 0.6) is 5.75 Å². The van der Waals surface area contributed by atoms with Crippen LogP contribution < -0.4 is 9.64 Å². The van der Waals surface area contributed by atoms with E-state index in [2.05, 4.69) is 41.0 Å². The summed E-state index contributed by atoms with van der Waals surface area (Å²) >= 11 is 0. The molecule has 0 radical (unpaired) electrons. The maximum atomic E-state index is 12.7. The number of hydrogen-bond donors (Lipinski definition) is 0. The van der Waals surface area contributed by atoms with Gasteiger partial charge in [0.25, 0.3) is 0 Å². The third-order valence-corrected chi connectivity index (χ3v) is 7.11. The Hall–Kier alpha value is -3.41. The Kier molecular flexibility index (Phi) is 6.48. The molecule has 0 spiro atoms. The lowest BCUT2D eigenvalue weighted by atomic mass is 9.84. The van der Waals surface area contributed by atoms with Crippen molar-refractivity contribution in [2.45, 2.75) is 32.6 Å². The molecule has 0 N–H and O–H groups in total. The van der Waals surface area contributed by atoms with E-state index in [1.54, 1.807) is 7.11 Å². The van der Waals surface area contributed by atoms with E-state index in [9.17, 15) is 4.79 Å². The number of aryl methyl sites for hydroxylation is 1. The molecule has 1 aliphatic heterocycles. The van der Waals surface area contributed by atoms with E-state index in [0.717, 1.165) is 79.7 Å². The van der Waals surface area contributed by atoms with Gasteiger partial charge >= 0.3 is 0 Å². The Balaban J connectivity index is 1.44. The second kappa shape index (κ2) is 9.84. The molecule has 2 aromatic carbocycles. The zero-order valence-electron chi connectivity index (χ0n) is 20.0. The predicted molar refractivity (Wildman–Crippen MR) is 134 cm³/mol. The molecule has 1 saturated carbocycles. The number of aromatic nitrogens is 2. The molecule has 0 bridgehead atoms. The van der Waals surface area contributed by atoms with Crippen LogP contribution in [0, 0.1) is 12.8 Å². The molecule has 3 aromatic rings. The Labute approximate surface area is 201 Å². The normalized spacial score (nSPS) is 16.3. The minimum absolute atomic E-state index is 0.253. The molecule has 176 valence electrons. The van der Waals surface area contributed by atoms with E-state index in [1.807, 2.05) is 30.3 Å². The predicted octanol–water partition coefficient (Wildman–Crippen LogP) is 4.50. The molecular formula is C28H32N4O2. The maximum Gasteiger partial charge on any atom is 0.225 e. The summed E-state index contributed by atoms with van der Waals surface area (Å²) < 4.78 is 5.32. The van der Waals surface area contributed by atoms with Gasteiger partial charge in [-0.25, -0.2) is 9.97 Å². The fraction of sp³-hybridized carbons (Fsp3) is 0.393. The second-order valence-electron chi connectivity index (χ2n) is 9.27. The topological polar surface area (TPSA) is 58.6 Å². The second-order valence-corrected chi connectivity index (χ2v) is 9.27. The fourth-order valence-corrected chi connectivity index (χ4v) is 4.77. The Bertz CT molecular complexity index is 1140. The number of hydrogen-bond acceptors (Lipinski definition) is 5. The van der Waals surface area contributed by atoms with Crippen LogP contribution >= 0.6 is 0 Å². The van der Waals surface area contributed by atoms with Crippen molar-refractivity contribution in [1.82, 2.24) is 14.9 Å². The largest absolute Gasteiger partial charge is 0.497 e. The highest BCUT2D eigenvalue weighted by atomic mass is 16.5. The molecule has 6 nitrogen and oxygen atoms in total. The lowest BCUT2D eigenvalue weighted by Gasteiger charge is -2.39. The Morgan fingerprint density at radius 1 is 0.971 bits per heavy atom. The van der Waals surface area contributed by atoms with Gasteiger partial charge in [0, 0.05) is 55.3 Å². The Morgan fingerprint density at radius 2 is 1.68 bits per heavy atom. The maximum absolute atomic E-state index is 12.7. The Morgan fingerprint density at radius 3 is 2.29 bits per heavy atom. The van der Waals surface area contributed by atoms with Gasteiger partial charge in [0.05, 0.1) is 7.11 Å². The van der Waals surface area contributed by atoms with Crippen LogP contribution in [0.3, 0.4) is 0 Å². The SMILES string of the molecule is COc1ccc(Cc2c(C)nc(-c3ccccc3)nc2N2CCN(C(=O)C3CCC3)CC2)cc1. The summed E-state index contributed by atoms with van der Waals surface area (Å²) in [7, 11) is 1.68. The van der Waals surface area contributed by atoms with Crippen molar-refractivity contribution >= 4 is 11.7 Å². The first-order valence-electron chi connectivity index (χ1n) is 12.2. The molecule has 1 aliphatic carbocycles. The highest BCUT2D eigenvalue weighted by Gasteiger charge is 2.32. The molecular weight excluding hydrogens is 424 g/mol. The standard InChI is InChI=1S/C28H32N4O2/c1-20-25(19-21-11-13-24(34-2)14-12-21)27(30-26(29-20)22-7-4-3-5-8-22)31-15-17-32(18-16-31)28(33)23-9-6-10-23/h3-5,7-8,11-14,23H,6,9-10,15-19H2,1-2H3. The lowest BCUT2D eigenvalue weighted by Crippen LogP contribution is -2.51. The van der Waals surface area contributed by atoms with Crippen molar-refractivity contribution in [3.05, 3.63) is 71.4 Å². The number of amides is 1. The summed E-state index contributed by atoms with van der Waals surface area (Å²) in [5, 5.41) is 0. The zero-order chi connectivity index (χ0) is 23.5. The van der Waals surface area contributed by atoms with E-state index in [0.29, 0.717) is 5.91 Å². The van der Waals surface area contributed by atoms with Crippen molar-refractivity contribution in [3.63, 3.8) is 0 Å². The molecule has 1 saturated heterocycles. The highest BCUT2D eigenvalue weighted by Crippen LogP contribution is 2.31. The minimum Gasteiger partial charge on any atom is -0.497 e.